The average molecular weight is 308 g/mol. The number of methoxy groups -OCH3 is 1. The third kappa shape index (κ3) is 3.45. The van der Waals surface area contributed by atoms with Crippen LogP contribution in [0.15, 0.2) is 17.8 Å². The van der Waals surface area contributed by atoms with Crippen LogP contribution in [0.2, 0.25) is 0 Å². The molecule has 0 spiro atoms. The van der Waals surface area contributed by atoms with Crippen LogP contribution in [0, 0.1) is 0 Å². The monoisotopic (exact) mass is 308 g/mol. The van der Waals surface area contributed by atoms with Crippen molar-refractivity contribution in [3.05, 3.63) is 23.5 Å². The van der Waals surface area contributed by atoms with Gasteiger partial charge in [-0.15, -0.1) is 11.3 Å². The number of fused-ring (bicyclic) bond motifs is 1. The molecule has 1 aliphatic heterocycles. The van der Waals surface area contributed by atoms with Gasteiger partial charge in [-0.05, 0) is 6.42 Å². The normalized spacial score (nSPS) is 21.3. The Morgan fingerprint density at radius 2 is 2.33 bits per heavy atom. The Hall–Kier alpha value is -0.950. The van der Waals surface area contributed by atoms with Crippen LogP contribution in [0.5, 0.6) is 0 Å². The van der Waals surface area contributed by atoms with Crippen molar-refractivity contribution >= 4 is 16.3 Å². The predicted octanol–water partition coefficient (Wildman–Crippen LogP) is 1.94. The van der Waals surface area contributed by atoms with Crippen molar-refractivity contribution in [2.45, 2.75) is 25.9 Å². The molecule has 0 bridgehead atoms. The number of nitrogens with zero attached hydrogens (tertiary/aromatic N) is 4. The van der Waals surface area contributed by atoms with Gasteiger partial charge in [0.1, 0.15) is 0 Å². The summed E-state index contributed by atoms with van der Waals surface area (Å²) < 4.78 is 7.34. The summed E-state index contributed by atoms with van der Waals surface area (Å²) in [6, 6.07) is 0.637. The summed E-state index contributed by atoms with van der Waals surface area (Å²) in [5, 5.41) is 2.08. The van der Waals surface area contributed by atoms with Crippen molar-refractivity contribution in [2.24, 2.45) is 0 Å². The van der Waals surface area contributed by atoms with E-state index in [4.69, 9.17) is 9.72 Å². The molecule has 21 heavy (non-hydrogen) atoms. The van der Waals surface area contributed by atoms with Crippen LogP contribution in [0.25, 0.3) is 4.96 Å². The number of aromatic nitrogens is 2. The maximum absolute atomic E-state index is 5.22. The van der Waals surface area contributed by atoms with Crippen molar-refractivity contribution in [3.8, 4) is 0 Å². The van der Waals surface area contributed by atoms with E-state index in [1.807, 2.05) is 0 Å². The second-order valence-corrected chi connectivity index (χ2v) is 6.52. The highest BCUT2D eigenvalue weighted by molar-refractivity contribution is 7.15. The summed E-state index contributed by atoms with van der Waals surface area (Å²) in [4.78, 5) is 10.9. The van der Waals surface area contributed by atoms with E-state index in [1.54, 1.807) is 18.4 Å². The minimum atomic E-state index is 0.637. The number of imidazole rings is 1. The largest absolute Gasteiger partial charge is 0.383 e. The van der Waals surface area contributed by atoms with E-state index >= 15 is 0 Å². The summed E-state index contributed by atoms with van der Waals surface area (Å²) in [6.07, 6.45) is 5.43. The van der Waals surface area contributed by atoms with Gasteiger partial charge in [-0.25, -0.2) is 4.98 Å². The SMILES string of the molecule is CCC1CN(Cc2cn3ccsc3n2)CCN1CCOC. The summed E-state index contributed by atoms with van der Waals surface area (Å²) in [5.41, 5.74) is 1.18. The molecule has 1 saturated heterocycles. The third-order valence-corrected chi connectivity index (χ3v) is 5.04. The van der Waals surface area contributed by atoms with E-state index < -0.39 is 0 Å². The first-order chi connectivity index (χ1) is 10.3. The Morgan fingerprint density at radius 1 is 1.43 bits per heavy atom. The van der Waals surface area contributed by atoms with E-state index in [0.29, 0.717) is 6.04 Å². The Kier molecular flexibility index (Phi) is 4.90. The molecule has 6 heteroatoms. The van der Waals surface area contributed by atoms with E-state index in [1.165, 1.54) is 12.1 Å². The van der Waals surface area contributed by atoms with Crippen LogP contribution in [0.3, 0.4) is 0 Å². The fraction of sp³-hybridized carbons (Fsp3) is 0.667. The molecule has 0 radical (unpaired) electrons. The first-order valence-electron chi connectivity index (χ1n) is 7.66. The highest BCUT2D eigenvalue weighted by Gasteiger charge is 2.25. The summed E-state index contributed by atoms with van der Waals surface area (Å²) in [5.74, 6) is 0. The molecule has 3 heterocycles. The molecule has 0 aliphatic carbocycles. The van der Waals surface area contributed by atoms with E-state index in [-0.39, 0.29) is 0 Å². The smallest absolute Gasteiger partial charge is 0.193 e. The maximum atomic E-state index is 5.22. The summed E-state index contributed by atoms with van der Waals surface area (Å²) >= 11 is 1.70. The van der Waals surface area contributed by atoms with Gasteiger partial charge >= 0.3 is 0 Å². The fourth-order valence-electron chi connectivity index (χ4n) is 3.07. The fourth-order valence-corrected chi connectivity index (χ4v) is 3.79. The van der Waals surface area contributed by atoms with Crippen LogP contribution in [-0.4, -0.2) is 65.1 Å². The van der Waals surface area contributed by atoms with E-state index in [9.17, 15) is 0 Å². The standard InChI is InChI=1S/C15H24N4OS/c1-3-14-12-17(4-5-18(14)6-8-20-2)10-13-11-19-7-9-21-15(19)16-13/h7,9,11,14H,3-6,8,10,12H2,1-2H3. The molecule has 2 aromatic heterocycles. The van der Waals surface area contributed by atoms with E-state index in [2.05, 4.69) is 38.9 Å². The van der Waals surface area contributed by atoms with Crippen LogP contribution in [-0.2, 0) is 11.3 Å². The maximum Gasteiger partial charge on any atom is 0.193 e. The number of rotatable bonds is 6. The average Bonchev–Trinajstić information content (AvgIpc) is 3.07. The van der Waals surface area contributed by atoms with Crippen molar-refractivity contribution < 1.29 is 4.74 Å². The molecule has 3 rings (SSSR count). The number of ether oxygens (including phenoxy) is 1. The summed E-state index contributed by atoms with van der Waals surface area (Å²) in [6.45, 7) is 8.49. The van der Waals surface area contributed by atoms with E-state index in [0.717, 1.165) is 44.3 Å². The lowest BCUT2D eigenvalue weighted by atomic mass is 10.1. The zero-order chi connectivity index (χ0) is 14.7. The van der Waals surface area contributed by atoms with Gasteiger partial charge in [-0.3, -0.25) is 14.2 Å². The minimum Gasteiger partial charge on any atom is -0.383 e. The van der Waals surface area contributed by atoms with Crippen LogP contribution in [0.4, 0.5) is 0 Å². The molecule has 1 fully saturated rings. The Labute approximate surface area is 130 Å². The second-order valence-electron chi connectivity index (χ2n) is 5.65. The zero-order valence-corrected chi connectivity index (χ0v) is 13.7. The first kappa shape index (κ1) is 15.0. The van der Waals surface area contributed by atoms with Gasteiger partial charge < -0.3 is 4.74 Å². The van der Waals surface area contributed by atoms with Gasteiger partial charge in [0.15, 0.2) is 4.96 Å². The quantitative estimate of drug-likeness (QED) is 0.816. The third-order valence-electron chi connectivity index (χ3n) is 4.27. The van der Waals surface area contributed by atoms with Crippen molar-refractivity contribution in [2.75, 3.05) is 39.9 Å². The van der Waals surface area contributed by atoms with Crippen molar-refractivity contribution in [3.63, 3.8) is 0 Å². The van der Waals surface area contributed by atoms with Crippen molar-refractivity contribution in [1.29, 1.82) is 0 Å². The molecule has 1 aliphatic rings. The van der Waals surface area contributed by atoms with Gasteiger partial charge in [0.05, 0.1) is 12.3 Å². The topological polar surface area (TPSA) is 33.0 Å². The summed E-state index contributed by atoms with van der Waals surface area (Å²) in [7, 11) is 1.78. The lowest BCUT2D eigenvalue weighted by Crippen LogP contribution is -2.53. The predicted molar refractivity (Wildman–Crippen MR) is 85.9 cm³/mol. The highest BCUT2D eigenvalue weighted by Crippen LogP contribution is 2.17. The van der Waals surface area contributed by atoms with Crippen LogP contribution >= 0.6 is 11.3 Å². The van der Waals surface area contributed by atoms with Crippen LogP contribution < -0.4 is 0 Å². The molecule has 1 unspecified atom stereocenters. The zero-order valence-electron chi connectivity index (χ0n) is 12.9. The molecular weight excluding hydrogens is 284 g/mol. The number of thiazole rings is 1. The molecular formula is C15H24N4OS. The molecule has 0 amide bonds. The number of hydrogen-bond donors (Lipinski definition) is 0. The minimum absolute atomic E-state index is 0.637. The molecule has 5 nitrogen and oxygen atoms in total. The second kappa shape index (κ2) is 6.87. The molecule has 2 aromatic rings. The Morgan fingerprint density at radius 3 is 3.10 bits per heavy atom. The number of hydrogen-bond acceptors (Lipinski definition) is 5. The highest BCUT2D eigenvalue weighted by atomic mass is 32.1. The van der Waals surface area contributed by atoms with Gasteiger partial charge in [-0.1, -0.05) is 6.92 Å². The first-order valence-corrected chi connectivity index (χ1v) is 8.54. The molecule has 0 N–H and O–H groups in total. The van der Waals surface area contributed by atoms with Gasteiger partial charge in [0.2, 0.25) is 0 Å². The lowest BCUT2D eigenvalue weighted by molar-refractivity contribution is 0.0461. The molecule has 0 saturated carbocycles. The lowest BCUT2D eigenvalue weighted by Gasteiger charge is -2.40. The number of piperazine rings is 1. The van der Waals surface area contributed by atoms with Gasteiger partial charge in [0.25, 0.3) is 0 Å². The Bertz CT molecular complexity index is 538. The van der Waals surface area contributed by atoms with Crippen LogP contribution in [0.1, 0.15) is 19.0 Å². The molecule has 116 valence electrons. The van der Waals surface area contributed by atoms with Gasteiger partial charge in [-0.2, -0.15) is 0 Å². The molecule has 1 atom stereocenters. The Balaban J connectivity index is 1.58. The van der Waals surface area contributed by atoms with Crippen molar-refractivity contribution in [1.82, 2.24) is 19.2 Å². The van der Waals surface area contributed by atoms with Gasteiger partial charge in [0, 0.05) is 63.6 Å². The molecule has 0 aromatic carbocycles.